The minimum Gasteiger partial charge on any atom is -0.294 e. The van der Waals surface area contributed by atoms with Gasteiger partial charge in [-0.2, -0.15) is 0 Å². The lowest BCUT2D eigenvalue weighted by Gasteiger charge is -2.11. The zero-order chi connectivity index (χ0) is 12.5. The van der Waals surface area contributed by atoms with Gasteiger partial charge in [0, 0.05) is 17.0 Å². The number of carbonyl (C=O) groups excluding carboxylic acids is 2. The lowest BCUT2D eigenvalue weighted by atomic mass is 9.91. The van der Waals surface area contributed by atoms with E-state index in [1.807, 2.05) is 0 Å². The summed E-state index contributed by atoms with van der Waals surface area (Å²) < 4.78 is 13.2. The van der Waals surface area contributed by atoms with Crippen LogP contribution in [0.4, 0.5) is 4.39 Å². The van der Waals surface area contributed by atoms with Crippen LogP contribution in [0.1, 0.15) is 47.1 Å². The van der Waals surface area contributed by atoms with Crippen molar-refractivity contribution in [2.45, 2.75) is 27.7 Å². The zero-order valence-corrected chi connectivity index (χ0v) is 9.93. The maximum atomic E-state index is 13.2. The first kappa shape index (κ1) is 12.6. The van der Waals surface area contributed by atoms with Crippen molar-refractivity contribution in [3.63, 3.8) is 0 Å². The summed E-state index contributed by atoms with van der Waals surface area (Å²) in [5.74, 6) is -1.14. The zero-order valence-electron chi connectivity index (χ0n) is 9.93. The second-order valence-corrected chi connectivity index (χ2v) is 4.22. The first-order valence-corrected chi connectivity index (χ1v) is 5.20. The normalized spacial score (nSPS) is 10.6. The number of Topliss-reactive ketones (excluding diaryl/α,β-unsaturated/α-hetero) is 2. The Labute approximate surface area is 94.5 Å². The molecule has 0 radical (unpaired) electrons. The fraction of sp³-hybridized carbons (Fsp3) is 0.385. The Morgan fingerprint density at radius 1 is 1.25 bits per heavy atom. The summed E-state index contributed by atoms with van der Waals surface area (Å²) in [6, 6.07) is 2.42. The van der Waals surface area contributed by atoms with Crippen molar-refractivity contribution in [3.05, 3.63) is 34.6 Å². The van der Waals surface area contributed by atoms with E-state index in [0.29, 0.717) is 11.1 Å². The largest absolute Gasteiger partial charge is 0.294 e. The van der Waals surface area contributed by atoms with Crippen LogP contribution >= 0.6 is 0 Å². The molecule has 0 aliphatic rings. The number of hydrogen-bond donors (Lipinski definition) is 0. The quantitative estimate of drug-likeness (QED) is 0.736. The van der Waals surface area contributed by atoms with E-state index in [4.69, 9.17) is 0 Å². The Kier molecular flexibility index (Phi) is 3.58. The molecule has 0 fully saturated rings. The number of aryl methyl sites for hydroxylation is 1. The molecule has 16 heavy (non-hydrogen) atoms. The summed E-state index contributed by atoms with van der Waals surface area (Å²) in [7, 11) is 0. The highest BCUT2D eigenvalue weighted by atomic mass is 19.1. The first-order chi connectivity index (χ1) is 7.34. The molecule has 1 aromatic rings. The maximum absolute atomic E-state index is 13.2. The van der Waals surface area contributed by atoms with Gasteiger partial charge in [-0.25, -0.2) is 4.39 Å². The minimum absolute atomic E-state index is 0.194. The summed E-state index contributed by atoms with van der Waals surface area (Å²) in [4.78, 5) is 23.3. The van der Waals surface area contributed by atoms with Crippen LogP contribution in [0.15, 0.2) is 12.1 Å². The summed E-state index contributed by atoms with van der Waals surface area (Å²) in [6.45, 7) is 6.48. The minimum atomic E-state index is -0.480. The Morgan fingerprint density at radius 2 is 1.81 bits per heavy atom. The molecule has 0 aromatic heterocycles. The molecule has 0 amide bonds. The van der Waals surface area contributed by atoms with Crippen LogP contribution in [0.5, 0.6) is 0 Å². The summed E-state index contributed by atoms with van der Waals surface area (Å²) in [5.41, 5.74) is 1.04. The average Bonchev–Trinajstić information content (AvgIpc) is 2.14. The van der Waals surface area contributed by atoms with Gasteiger partial charge in [0.1, 0.15) is 5.82 Å². The molecular weight excluding hydrogens is 207 g/mol. The molecule has 0 bridgehead atoms. The van der Waals surface area contributed by atoms with Crippen molar-refractivity contribution in [2.24, 2.45) is 5.92 Å². The monoisotopic (exact) mass is 222 g/mol. The Morgan fingerprint density at radius 3 is 2.25 bits per heavy atom. The van der Waals surface area contributed by atoms with E-state index >= 15 is 0 Å². The highest BCUT2D eigenvalue weighted by Crippen LogP contribution is 2.20. The van der Waals surface area contributed by atoms with Gasteiger partial charge in [0.2, 0.25) is 0 Å². The molecule has 0 saturated carbocycles. The summed E-state index contributed by atoms with van der Waals surface area (Å²) in [6.07, 6.45) is 0. The molecule has 0 aliphatic carbocycles. The fourth-order valence-corrected chi connectivity index (χ4v) is 1.72. The molecule has 0 N–H and O–H groups in total. The molecule has 0 saturated heterocycles. The number of benzene rings is 1. The van der Waals surface area contributed by atoms with Gasteiger partial charge in [0.25, 0.3) is 0 Å². The van der Waals surface area contributed by atoms with Gasteiger partial charge in [0.15, 0.2) is 11.6 Å². The number of ketones is 2. The number of rotatable bonds is 3. The molecule has 86 valence electrons. The topological polar surface area (TPSA) is 34.1 Å². The molecule has 0 aliphatic heterocycles. The molecule has 0 heterocycles. The Bertz CT molecular complexity index is 447. The lowest BCUT2D eigenvalue weighted by Crippen LogP contribution is -2.14. The molecule has 1 rings (SSSR count). The van der Waals surface area contributed by atoms with E-state index in [9.17, 15) is 14.0 Å². The first-order valence-electron chi connectivity index (χ1n) is 5.20. The molecular formula is C13H15FO2. The van der Waals surface area contributed by atoms with E-state index in [2.05, 4.69) is 0 Å². The average molecular weight is 222 g/mol. The van der Waals surface area contributed by atoms with E-state index in [1.165, 1.54) is 13.0 Å². The number of hydrogen-bond acceptors (Lipinski definition) is 2. The van der Waals surface area contributed by atoms with Crippen molar-refractivity contribution in [1.29, 1.82) is 0 Å². The number of halogens is 1. The summed E-state index contributed by atoms with van der Waals surface area (Å²) in [5, 5.41) is 0. The second-order valence-electron chi connectivity index (χ2n) is 4.22. The van der Waals surface area contributed by atoms with Crippen molar-refractivity contribution < 1.29 is 14.0 Å². The summed E-state index contributed by atoms with van der Waals surface area (Å²) >= 11 is 0. The predicted molar refractivity (Wildman–Crippen MR) is 60.3 cm³/mol. The third-order valence-electron chi connectivity index (χ3n) is 2.44. The highest BCUT2D eigenvalue weighted by molar-refractivity contribution is 6.09. The van der Waals surface area contributed by atoms with E-state index in [-0.39, 0.29) is 23.0 Å². The van der Waals surface area contributed by atoms with Crippen LogP contribution in [0.25, 0.3) is 0 Å². The van der Waals surface area contributed by atoms with Crippen LogP contribution in [-0.2, 0) is 0 Å². The van der Waals surface area contributed by atoms with E-state index in [0.717, 1.165) is 6.07 Å². The predicted octanol–water partition coefficient (Wildman–Crippen LogP) is 3.18. The number of carbonyl (C=O) groups is 2. The van der Waals surface area contributed by atoms with Crippen LogP contribution in [0.2, 0.25) is 0 Å². The van der Waals surface area contributed by atoms with Gasteiger partial charge < -0.3 is 0 Å². The fourth-order valence-electron chi connectivity index (χ4n) is 1.72. The van der Waals surface area contributed by atoms with Crippen LogP contribution < -0.4 is 0 Å². The van der Waals surface area contributed by atoms with Gasteiger partial charge in [-0.1, -0.05) is 13.8 Å². The molecule has 0 spiro atoms. The third kappa shape index (κ3) is 2.35. The highest BCUT2D eigenvalue weighted by Gasteiger charge is 2.20. The SMILES string of the molecule is CC(=O)c1c(C)cc(F)cc1C(=O)C(C)C. The molecule has 3 heteroatoms. The Hall–Kier alpha value is -1.51. The van der Waals surface area contributed by atoms with Crippen LogP contribution in [-0.4, -0.2) is 11.6 Å². The van der Waals surface area contributed by atoms with Gasteiger partial charge in [-0.15, -0.1) is 0 Å². The van der Waals surface area contributed by atoms with Crippen molar-refractivity contribution in [3.8, 4) is 0 Å². The van der Waals surface area contributed by atoms with Gasteiger partial charge >= 0.3 is 0 Å². The molecule has 0 atom stereocenters. The van der Waals surface area contributed by atoms with Crippen molar-refractivity contribution in [1.82, 2.24) is 0 Å². The van der Waals surface area contributed by atoms with Crippen LogP contribution in [0, 0.1) is 18.7 Å². The molecule has 0 unspecified atom stereocenters. The Balaban J connectivity index is 3.47. The maximum Gasteiger partial charge on any atom is 0.166 e. The van der Waals surface area contributed by atoms with E-state index < -0.39 is 5.82 Å². The molecule has 2 nitrogen and oxygen atoms in total. The van der Waals surface area contributed by atoms with Crippen molar-refractivity contribution in [2.75, 3.05) is 0 Å². The van der Waals surface area contributed by atoms with Gasteiger partial charge in [-0.3, -0.25) is 9.59 Å². The van der Waals surface area contributed by atoms with Crippen molar-refractivity contribution >= 4 is 11.6 Å². The third-order valence-corrected chi connectivity index (χ3v) is 2.44. The standard InChI is InChI=1S/C13H15FO2/c1-7(2)13(16)11-6-10(14)5-8(3)12(11)9(4)15/h5-7H,1-4H3. The van der Waals surface area contributed by atoms with E-state index in [1.54, 1.807) is 20.8 Å². The smallest absolute Gasteiger partial charge is 0.166 e. The van der Waals surface area contributed by atoms with Gasteiger partial charge in [-0.05, 0) is 31.5 Å². The molecule has 1 aromatic carbocycles. The van der Waals surface area contributed by atoms with Crippen LogP contribution in [0.3, 0.4) is 0 Å². The van der Waals surface area contributed by atoms with Gasteiger partial charge in [0.05, 0.1) is 0 Å². The second kappa shape index (κ2) is 4.56. The lowest BCUT2D eigenvalue weighted by molar-refractivity contribution is 0.0926.